The van der Waals surface area contributed by atoms with Crippen LogP contribution in [0.1, 0.15) is 10.4 Å². The smallest absolute Gasteiger partial charge is 0.265 e. The number of halogens is 2. The third kappa shape index (κ3) is 6.83. The van der Waals surface area contributed by atoms with Crippen LogP contribution < -0.4 is 24.8 Å². The summed E-state index contributed by atoms with van der Waals surface area (Å²) >= 11 is 6.23. The van der Waals surface area contributed by atoms with Gasteiger partial charge in [-0.25, -0.2) is 12.8 Å². The van der Waals surface area contributed by atoms with Crippen molar-refractivity contribution >= 4 is 38.9 Å². The standard InChI is InChI=1S/C29H27ClFN3O5S/c1-38-26-9-4-3-8-23(26)29(35)33-15-14-32-21-6-5-7-22(18-21)34-40(36,37)28-16-19(10-13-27(28)39-2)24-17-20(31)11-12-25(24)30/h3-13,16-18,32,34H,14-15H2,1-2H3,(H,33,35). The predicted molar refractivity (Wildman–Crippen MR) is 154 cm³/mol. The second kappa shape index (κ2) is 12.7. The summed E-state index contributed by atoms with van der Waals surface area (Å²) in [7, 11) is -1.25. The van der Waals surface area contributed by atoms with E-state index in [1.165, 1.54) is 44.6 Å². The fraction of sp³-hybridized carbons (Fsp3) is 0.138. The molecule has 3 N–H and O–H groups in total. The van der Waals surface area contributed by atoms with Crippen molar-refractivity contribution in [3.63, 3.8) is 0 Å². The van der Waals surface area contributed by atoms with E-state index in [1.54, 1.807) is 54.6 Å². The summed E-state index contributed by atoms with van der Waals surface area (Å²) < 4.78 is 53.7. The molecule has 0 bridgehead atoms. The summed E-state index contributed by atoms with van der Waals surface area (Å²) in [5, 5.41) is 6.25. The van der Waals surface area contributed by atoms with Crippen LogP contribution in [0.4, 0.5) is 15.8 Å². The van der Waals surface area contributed by atoms with Crippen LogP contribution in [-0.2, 0) is 10.0 Å². The Bertz CT molecular complexity index is 1630. The monoisotopic (exact) mass is 583 g/mol. The van der Waals surface area contributed by atoms with Gasteiger partial charge in [0.15, 0.2) is 0 Å². The van der Waals surface area contributed by atoms with Gasteiger partial charge in [-0.1, -0.05) is 35.9 Å². The fourth-order valence-corrected chi connectivity index (χ4v) is 5.46. The van der Waals surface area contributed by atoms with Crippen molar-refractivity contribution in [3.05, 3.63) is 101 Å². The number of nitrogens with one attached hydrogen (secondary N) is 3. The first kappa shape index (κ1) is 28.7. The van der Waals surface area contributed by atoms with Gasteiger partial charge in [0.2, 0.25) is 0 Å². The molecule has 0 saturated heterocycles. The highest BCUT2D eigenvalue weighted by atomic mass is 35.5. The minimum atomic E-state index is -4.11. The van der Waals surface area contributed by atoms with Crippen molar-refractivity contribution in [3.8, 4) is 22.6 Å². The Labute approximate surface area is 237 Å². The molecule has 0 aliphatic carbocycles. The van der Waals surface area contributed by atoms with E-state index in [4.69, 9.17) is 21.1 Å². The summed E-state index contributed by atoms with van der Waals surface area (Å²) in [6, 6.07) is 22.0. The van der Waals surface area contributed by atoms with Crippen molar-refractivity contribution in [2.75, 3.05) is 37.3 Å². The van der Waals surface area contributed by atoms with Crippen molar-refractivity contribution in [2.24, 2.45) is 0 Å². The van der Waals surface area contributed by atoms with E-state index in [-0.39, 0.29) is 21.6 Å². The summed E-state index contributed by atoms with van der Waals surface area (Å²) in [6.07, 6.45) is 0. The summed E-state index contributed by atoms with van der Waals surface area (Å²) in [5.41, 5.74) is 2.14. The summed E-state index contributed by atoms with van der Waals surface area (Å²) in [4.78, 5) is 12.3. The Morgan fingerprint density at radius 1 is 0.850 bits per heavy atom. The number of sulfonamides is 1. The largest absolute Gasteiger partial charge is 0.496 e. The van der Waals surface area contributed by atoms with Gasteiger partial charge >= 0.3 is 0 Å². The molecule has 0 aliphatic rings. The molecule has 0 atom stereocenters. The third-order valence-corrected chi connectivity index (χ3v) is 7.63. The van der Waals surface area contributed by atoms with Crippen LogP contribution in [0.15, 0.2) is 89.8 Å². The van der Waals surface area contributed by atoms with Gasteiger partial charge in [-0.05, 0) is 66.2 Å². The molecule has 0 spiro atoms. The molecule has 0 saturated carbocycles. The highest BCUT2D eigenvalue weighted by Crippen LogP contribution is 2.34. The molecule has 4 rings (SSSR count). The first-order chi connectivity index (χ1) is 19.2. The average Bonchev–Trinajstić information content (AvgIpc) is 2.96. The molecule has 208 valence electrons. The molecule has 0 unspecified atom stereocenters. The molecular formula is C29H27ClFN3O5S. The number of hydrogen-bond acceptors (Lipinski definition) is 6. The lowest BCUT2D eigenvalue weighted by atomic mass is 10.1. The van der Waals surface area contributed by atoms with Gasteiger partial charge in [0.25, 0.3) is 15.9 Å². The summed E-state index contributed by atoms with van der Waals surface area (Å²) in [6.45, 7) is 0.709. The van der Waals surface area contributed by atoms with Crippen LogP contribution in [0.2, 0.25) is 5.02 Å². The van der Waals surface area contributed by atoms with Gasteiger partial charge < -0.3 is 20.1 Å². The number of anilines is 2. The molecule has 0 radical (unpaired) electrons. The molecular weight excluding hydrogens is 557 g/mol. The molecule has 0 fully saturated rings. The first-order valence-corrected chi connectivity index (χ1v) is 14.0. The fourth-order valence-electron chi connectivity index (χ4n) is 3.99. The van der Waals surface area contributed by atoms with Crippen molar-refractivity contribution < 1.29 is 27.1 Å². The molecule has 40 heavy (non-hydrogen) atoms. The van der Waals surface area contributed by atoms with Crippen LogP contribution in [0.3, 0.4) is 0 Å². The number of para-hydroxylation sites is 1. The molecule has 0 aliphatic heterocycles. The van der Waals surface area contributed by atoms with Gasteiger partial charge in [0, 0.05) is 29.4 Å². The first-order valence-electron chi connectivity index (χ1n) is 12.1. The lowest BCUT2D eigenvalue weighted by Crippen LogP contribution is -2.29. The maximum atomic E-state index is 13.9. The lowest BCUT2D eigenvalue weighted by molar-refractivity contribution is 0.0952. The minimum Gasteiger partial charge on any atom is -0.496 e. The number of methoxy groups -OCH3 is 2. The van der Waals surface area contributed by atoms with E-state index < -0.39 is 15.8 Å². The van der Waals surface area contributed by atoms with Gasteiger partial charge in [-0.15, -0.1) is 0 Å². The Hall–Kier alpha value is -4.28. The van der Waals surface area contributed by atoms with Crippen LogP contribution in [0, 0.1) is 5.82 Å². The Kier molecular flexibility index (Phi) is 9.13. The average molecular weight is 584 g/mol. The number of benzene rings is 4. The third-order valence-electron chi connectivity index (χ3n) is 5.90. The van der Waals surface area contributed by atoms with Crippen LogP contribution in [0.25, 0.3) is 11.1 Å². The van der Waals surface area contributed by atoms with E-state index in [2.05, 4.69) is 15.4 Å². The van der Waals surface area contributed by atoms with E-state index in [9.17, 15) is 17.6 Å². The lowest BCUT2D eigenvalue weighted by Gasteiger charge is -2.15. The van der Waals surface area contributed by atoms with E-state index in [0.717, 1.165) is 0 Å². The van der Waals surface area contributed by atoms with Crippen LogP contribution in [-0.4, -0.2) is 41.6 Å². The highest BCUT2D eigenvalue weighted by molar-refractivity contribution is 7.92. The van der Waals surface area contributed by atoms with Gasteiger partial charge in [-0.3, -0.25) is 9.52 Å². The topological polar surface area (TPSA) is 106 Å². The maximum absolute atomic E-state index is 13.9. The Morgan fingerprint density at radius 3 is 2.38 bits per heavy atom. The normalized spacial score (nSPS) is 11.0. The summed E-state index contributed by atoms with van der Waals surface area (Å²) in [5.74, 6) is -0.170. The van der Waals surface area contributed by atoms with Gasteiger partial charge in [0.05, 0.1) is 25.5 Å². The van der Waals surface area contributed by atoms with E-state index in [0.29, 0.717) is 46.9 Å². The van der Waals surface area contributed by atoms with Crippen molar-refractivity contribution in [1.82, 2.24) is 5.32 Å². The number of carbonyl (C=O) groups excluding carboxylic acids is 1. The van der Waals surface area contributed by atoms with Crippen molar-refractivity contribution in [2.45, 2.75) is 4.90 Å². The zero-order valence-electron chi connectivity index (χ0n) is 21.7. The predicted octanol–water partition coefficient (Wildman–Crippen LogP) is 5.81. The quantitative estimate of drug-likeness (QED) is 0.193. The zero-order valence-corrected chi connectivity index (χ0v) is 23.3. The van der Waals surface area contributed by atoms with Crippen LogP contribution in [0.5, 0.6) is 11.5 Å². The van der Waals surface area contributed by atoms with Gasteiger partial charge in [-0.2, -0.15) is 0 Å². The minimum absolute atomic E-state index is 0.115. The molecule has 8 nitrogen and oxygen atoms in total. The highest BCUT2D eigenvalue weighted by Gasteiger charge is 2.22. The second-order valence-corrected chi connectivity index (χ2v) is 10.6. The molecule has 4 aromatic carbocycles. The number of carbonyl (C=O) groups is 1. The Balaban J connectivity index is 1.45. The zero-order chi connectivity index (χ0) is 28.7. The molecule has 11 heteroatoms. The Morgan fingerprint density at radius 2 is 1.60 bits per heavy atom. The molecule has 4 aromatic rings. The molecule has 1 amide bonds. The molecule has 0 heterocycles. The number of rotatable bonds is 11. The SMILES string of the molecule is COc1ccccc1C(=O)NCCNc1cccc(NS(=O)(=O)c2cc(-c3cc(F)ccc3Cl)ccc2OC)c1. The van der Waals surface area contributed by atoms with E-state index >= 15 is 0 Å². The molecule has 0 aromatic heterocycles. The van der Waals surface area contributed by atoms with Crippen molar-refractivity contribution in [1.29, 1.82) is 0 Å². The van der Waals surface area contributed by atoms with E-state index in [1.807, 2.05) is 0 Å². The number of hydrogen-bond donors (Lipinski definition) is 3. The second-order valence-electron chi connectivity index (χ2n) is 8.56. The van der Waals surface area contributed by atoms with Crippen LogP contribution >= 0.6 is 11.6 Å². The number of ether oxygens (including phenoxy) is 2. The number of amides is 1. The maximum Gasteiger partial charge on any atom is 0.265 e. The van der Waals surface area contributed by atoms with Gasteiger partial charge in [0.1, 0.15) is 22.2 Å².